The minimum absolute atomic E-state index is 0.122. The fourth-order valence-electron chi connectivity index (χ4n) is 3.12. The largest absolute Gasteiger partial charge is 0.307 e. The van der Waals surface area contributed by atoms with Crippen LogP contribution in [0.4, 0.5) is 0 Å². The molecule has 1 aliphatic carbocycles. The van der Waals surface area contributed by atoms with Crippen LogP contribution in [0.2, 0.25) is 0 Å². The minimum Gasteiger partial charge on any atom is -0.307 e. The van der Waals surface area contributed by atoms with Crippen molar-refractivity contribution in [2.24, 2.45) is 11.1 Å². The Morgan fingerprint density at radius 1 is 1.24 bits per heavy atom. The number of rotatable bonds is 4. The highest BCUT2D eigenvalue weighted by molar-refractivity contribution is 7.89. The van der Waals surface area contributed by atoms with Crippen LogP contribution in [0.25, 0.3) is 0 Å². The average molecular weight is 310 g/mol. The second kappa shape index (κ2) is 6.90. The van der Waals surface area contributed by atoms with Crippen molar-refractivity contribution in [2.75, 3.05) is 0 Å². The minimum atomic E-state index is -3.64. The number of nitrogens with two attached hydrogens (primary N) is 1. The van der Waals surface area contributed by atoms with Gasteiger partial charge >= 0.3 is 0 Å². The van der Waals surface area contributed by atoms with Crippen molar-refractivity contribution in [3.63, 3.8) is 0 Å². The predicted molar refractivity (Wildman–Crippen MR) is 85.4 cm³/mol. The Labute approximate surface area is 128 Å². The summed E-state index contributed by atoms with van der Waals surface area (Å²) in [6, 6.07) is 7.55. The molecule has 0 heterocycles. The van der Waals surface area contributed by atoms with Crippen molar-refractivity contribution in [2.45, 2.75) is 62.9 Å². The summed E-state index contributed by atoms with van der Waals surface area (Å²) < 4.78 is 22.9. The Balaban J connectivity index is 2.11. The summed E-state index contributed by atoms with van der Waals surface area (Å²) >= 11 is 0. The van der Waals surface area contributed by atoms with E-state index in [0.717, 1.165) is 5.56 Å². The maximum absolute atomic E-state index is 11.5. The molecule has 1 saturated carbocycles. The van der Waals surface area contributed by atoms with Gasteiger partial charge in [0.25, 0.3) is 0 Å². The van der Waals surface area contributed by atoms with Crippen molar-refractivity contribution in [3.05, 3.63) is 29.8 Å². The summed E-state index contributed by atoms with van der Waals surface area (Å²) in [6.45, 7) is 4.39. The molecule has 0 saturated heterocycles. The molecule has 118 valence electrons. The monoisotopic (exact) mass is 310 g/mol. The first kappa shape index (κ1) is 16.5. The molecule has 2 rings (SSSR count). The quantitative estimate of drug-likeness (QED) is 0.840. The van der Waals surface area contributed by atoms with Crippen LogP contribution < -0.4 is 10.5 Å². The SMILES string of the molecule is CC(NC1CCCCCC1C)c1cccc(S(N)(=O)=O)c1. The van der Waals surface area contributed by atoms with E-state index in [-0.39, 0.29) is 10.9 Å². The molecule has 1 aromatic rings. The summed E-state index contributed by atoms with van der Waals surface area (Å²) in [5.74, 6) is 0.663. The van der Waals surface area contributed by atoms with Gasteiger partial charge in [0.05, 0.1) is 4.90 Å². The molecule has 0 aromatic heterocycles. The Hall–Kier alpha value is -0.910. The summed E-state index contributed by atoms with van der Waals surface area (Å²) in [5, 5.41) is 8.87. The lowest BCUT2D eigenvalue weighted by Crippen LogP contribution is -2.36. The Bertz CT molecular complexity index is 571. The molecule has 3 unspecified atom stereocenters. The van der Waals surface area contributed by atoms with E-state index in [9.17, 15) is 8.42 Å². The maximum atomic E-state index is 11.5. The molecule has 3 N–H and O–H groups in total. The third kappa shape index (κ3) is 4.53. The van der Waals surface area contributed by atoms with Crippen LogP contribution >= 0.6 is 0 Å². The van der Waals surface area contributed by atoms with E-state index in [1.54, 1.807) is 18.2 Å². The van der Waals surface area contributed by atoms with Gasteiger partial charge < -0.3 is 5.32 Å². The average Bonchev–Trinajstić information content (AvgIpc) is 2.63. The third-order valence-electron chi connectivity index (χ3n) is 4.51. The zero-order chi connectivity index (χ0) is 15.5. The fraction of sp³-hybridized carbons (Fsp3) is 0.625. The highest BCUT2D eigenvalue weighted by atomic mass is 32.2. The molecule has 1 fully saturated rings. The van der Waals surface area contributed by atoms with Gasteiger partial charge in [-0.1, -0.05) is 38.3 Å². The standard InChI is InChI=1S/C16H26N2O2S/c1-12-7-4-3-5-10-16(12)18-13(2)14-8-6-9-15(11-14)21(17,19)20/h6,8-9,11-13,16,18H,3-5,7,10H2,1-2H3,(H2,17,19,20). The molecule has 21 heavy (non-hydrogen) atoms. The number of benzene rings is 1. The zero-order valence-corrected chi connectivity index (χ0v) is 13.7. The molecule has 0 radical (unpaired) electrons. The molecule has 0 aliphatic heterocycles. The molecule has 5 heteroatoms. The van der Waals surface area contributed by atoms with E-state index in [1.165, 1.54) is 32.1 Å². The summed E-state index contributed by atoms with van der Waals surface area (Å²) in [5.41, 5.74) is 0.970. The number of hydrogen-bond donors (Lipinski definition) is 2. The molecule has 0 amide bonds. The molecule has 1 aromatic carbocycles. The number of hydrogen-bond acceptors (Lipinski definition) is 3. The van der Waals surface area contributed by atoms with Crippen molar-refractivity contribution >= 4 is 10.0 Å². The van der Waals surface area contributed by atoms with Gasteiger partial charge in [-0.05, 0) is 43.4 Å². The van der Waals surface area contributed by atoms with Crippen LogP contribution in [0.1, 0.15) is 57.6 Å². The normalized spacial score (nSPS) is 25.3. The number of primary sulfonamides is 1. The number of sulfonamides is 1. The van der Waals surface area contributed by atoms with Gasteiger partial charge in [0.2, 0.25) is 10.0 Å². The first-order valence-electron chi connectivity index (χ1n) is 7.77. The van der Waals surface area contributed by atoms with Gasteiger partial charge in [0.1, 0.15) is 0 Å². The van der Waals surface area contributed by atoms with Crippen LogP contribution in [-0.4, -0.2) is 14.5 Å². The summed E-state index contributed by atoms with van der Waals surface area (Å²) in [6.07, 6.45) is 6.36. The maximum Gasteiger partial charge on any atom is 0.238 e. The Morgan fingerprint density at radius 2 is 1.95 bits per heavy atom. The van der Waals surface area contributed by atoms with Crippen LogP contribution in [0.15, 0.2) is 29.2 Å². The van der Waals surface area contributed by atoms with Crippen LogP contribution in [-0.2, 0) is 10.0 Å². The van der Waals surface area contributed by atoms with Gasteiger partial charge in [-0.15, -0.1) is 0 Å². The summed E-state index contributed by atoms with van der Waals surface area (Å²) in [7, 11) is -3.64. The zero-order valence-electron chi connectivity index (χ0n) is 12.9. The molecule has 3 atom stereocenters. The van der Waals surface area contributed by atoms with Gasteiger partial charge in [0.15, 0.2) is 0 Å². The van der Waals surface area contributed by atoms with Crippen molar-refractivity contribution in [3.8, 4) is 0 Å². The second-order valence-corrected chi connectivity index (χ2v) is 7.79. The topological polar surface area (TPSA) is 72.2 Å². The number of nitrogens with one attached hydrogen (secondary N) is 1. The van der Waals surface area contributed by atoms with Gasteiger partial charge in [-0.2, -0.15) is 0 Å². The van der Waals surface area contributed by atoms with Crippen molar-refractivity contribution < 1.29 is 8.42 Å². The van der Waals surface area contributed by atoms with E-state index < -0.39 is 10.0 Å². The van der Waals surface area contributed by atoms with Crippen LogP contribution in [0.5, 0.6) is 0 Å². The van der Waals surface area contributed by atoms with E-state index in [2.05, 4.69) is 19.2 Å². The first-order chi connectivity index (χ1) is 9.88. The fourth-order valence-corrected chi connectivity index (χ4v) is 3.69. The van der Waals surface area contributed by atoms with Gasteiger partial charge in [-0.25, -0.2) is 13.6 Å². The van der Waals surface area contributed by atoms with E-state index in [4.69, 9.17) is 5.14 Å². The molecule has 1 aliphatic rings. The molecule has 0 spiro atoms. The second-order valence-electron chi connectivity index (χ2n) is 6.23. The molecule has 4 nitrogen and oxygen atoms in total. The third-order valence-corrected chi connectivity index (χ3v) is 5.42. The lowest BCUT2D eigenvalue weighted by Gasteiger charge is -2.27. The Kier molecular flexibility index (Phi) is 5.41. The highest BCUT2D eigenvalue weighted by Gasteiger charge is 2.22. The lowest BCUT2D eigenvalue weighted by molar-refractivity contribution is 0.330. The molecular formula is C16H26N2O2S. The van der Waals surface area contributed by atoms with Crippen LogP contribution in [0, 0.1) is 5.92 Å². The van der Waals surface area contributed by atoms with E-state index in [1.807, 2.05) is 6.07 Å². The van der Waals surface area contributed by atoms with Crippen LogP contribution in [0.3, 0.4) is 0 Å². The Morgan fingerprint density at radius 3 is 2.67 bits per heavy atom. The van der Waals surface area contributed by atoms with E-state index >= 15 is 0 Å². The predicted octanol–water partition coefficient (Wildman–Crippen LogP) is 2.95. The molecule has 0 bridgehead atoms. The summed E-state index contributed by atoms with van der Waals surface area (Å²) in [4.78, 5) is 0.183. The van der Waals surface area contributed by atoms with Crippen molar-refractivity contribution in [1.29, 1.82) is 0 Å². The van der Waals surface area contributed by atoms with Gasteiger partial charge in [0, 0.05) is 12.1 Å². The van der Waals surface area contributed by atoms with Crippen molar-refractivity contribution in [1.82, 2.24) is 5.32 Å². The first-order valence-corrected chi connectivity index (χ1v) is 9.31. The van der Waals surface area contributed by atoms with E-state index in [0.29, 0.717) is 12.0 Å². The van der Waals surface area contributed by atoms with Gasteiger partial charge in [-0.3, -0.25) is 0 Å². The smallest absolute Gasteiger partial charge is 0.238 e. The molecular weight excluding hydrogens is 284 g/mol. The highest BCUT2D eigenvalue weighted by Crippen LogP contribution is 2.26. The lowest BCUT2D eigenvalue weighted by atomic mass is 9.95.